The van der Waals surface area contributed by atoms with Gasteiger partial charge in [0.15, 0.2) is 0 Å². The average molecular weight is 240 g/mol. The van der Waals surface area contributed by atoms with E-state index in [-0.39, 0.29) is 11.9 Å². The minimum absolute atomic E-state index is 0.208. The molecule has 0 radical (unpaired) electrons. The van der Waals surface area contributed by atoms with Crippen LogP contribution < -0.4 is 0 Å². The van der Waals surface area contributed by atoms with Gasteiger partial charge in [-0.2, -0.15) is 0 Å². The molecule has 1 amide bonds. The van der Waals surface area contributed by atoms with Crippen molar-refractivity contribution in [3.05, 3.63) is 25.4 Å². The lowest BCUT2D eigenvalue weighted by atomic mass is 10.4. The van der Waals surface area contributed by atoms with Gasteiger partial charge in [-0.3, -0.25) is 9.69 Å². The summed E-state index contributed by atoms with van der Waals surface area (Å²) in [5.41, 5.74) is 0. The van der Waals surface area contributed by atoms with Crippen molar-refractivity contribution in [3.8, 4) is 0 Å². The molecule has 0 N–H and O–H groups in total. The SMILES string of the molecule is C=CC(=O)OCN(C)C.C=CN1CCCC1=O. The maximum atomic E-state index is 10.7. The van der Waals surface area contributed by atoms with Crippen LogP contribution in [0.4, 0.5) is 0 Å². The van der Waals surface area contributed by atoms with Gasteiger partial charge in [0.2, 0.25) is 5.91 Å². The molecule has 0 aromatic rings. The number of esters is 1. The van der Waals surface area contributed by atoms with Crippen molar-refractivity contribution in [1.29, 1.82) is 0 Å². The Hall–Kier alpha value is -1.62. The summed E-state index contributed by atoms with van der Waals surface area (Å²) in [7, 11) is 3.63. The van der Waals surface area contributed by atoms with E-state index in [0.717, 1.165) is 19.0 Å². The quantitative estimate of drug-likeness (QED) is 0.418. The monoisotopic (exact) mass is 240 g/mol. The largest absolute Gasteiger partial charge is 0.446 e. The highest BCUT2D eigenvalue weighted by molar-refractivity contribution is 5.81. The summed E-state index contributed by atoms with van der Waals surface area (Å²) in [4.78, 5) is 24.4. The summed E-state index contributed by atoms with van der Waals surface area (Å²) >= 11 is 0. The number of amides is 1. The molecule has 96 valence electrons. The Balaban J connectivity index is 0.000000302. The predicted octanol–water partition coefficient (Wildman–Crippen LogP) is 0.987. The topological polar surface area (TPSA) is 49.9 Å². The minimum atomic E-state index is -0.385. The number of carbonyl (C=O) groups is 2. The van der Waals surface area contributed by atoms with E-state index < -0.39 is 0 Å². The molecule has 1 rings (SSSR count). The number of carbonyl (C=O) groups excluding carboxylic acids is 2. The Morgan fingerprint density at radius 1 is 1.53 bits per heavy atom. The van der Waals surface area contributed by atoms with Crippen LogP contribution in [0.5, 0.6) is 0 Å². The van der Waals surface area contributed by atoms with E-state index in [9.17, 15) is 9.59 Å². The smallest absolute Gasteiger partial charge is 0.331 e. The molecule has 5 nitrogen and oxygen atoms in total. The van der Waals surface area contributed by atoms with Crippen molar-refractivity contribution in [2.45, 2.75) is 12.8 Å². The van der Waals surface area contributed by atoms with Gasteiger partial charge in [-0.1, -0.05) is 13.2 Å². The van der Waals surface area contributed by atoms with E-state index in [1.165, 1.54) is 0 Å². The number of ether oxygens (including phenoxy) is 1. The Morgan fingerprint density at radius 2 is 2.18 bits per heavy atom. The van der Waals surface area contributed by atoms with E-state index in [2.05, 4.69) is 17.9 Å². The summed E-state index contributed by atoms with van der Waals surface area (Å²) in [5, 5.41) is 0. The van der Waals surface area contributed by atoms with Crippen molar-refractivity contribution >= 4 is 11.9 Å². The van der Waals surface area contributed by atoms with Crippen molar-refractivity contribution in [1.82, 2.24) is 9.80 Å². The first-order valence-electron chi connectivity index (χ1n) is 5.37. The van der Waals surface area contributed by atoms with Crippen molar-refractivity contribution in [3.63, 3.8) is 0 Å². The van der Waals surface area contributed by atoms with Crippen molar-refractivity contribution < 1.29 is 14.3 Å². The van der Waals surface area contributed by atoms with E-state index in [1.807, 2.05) is 14.1 Å². The Kier molecular flexibility index (Phi) is 7.71. The lowest BCUT2D eigenvalue weighted by Gasteiger charge is -2.07. The molecule has 5 heteroatoms. The highest BCUT2D eigenvalue weighted by Crippen LogP contribution is 2.08. The van der Waals surface area contributed by atoms with Crippen LogP contribution in [0, 0.1) is 0 Å². The van der Waals surface area contributed by atoms with Gasteiger partial charge < -0.3 is 9.64 Å². The molecule has 0 unspecified atom stereocenters. The fraction of sp³-hybridized carbons (Fsp3) is 0.500. The number of hydrogen-bond acceptors (Lipinski definition) is 4. The van der Waals surface area contributed by atoms with Crippen LogP contribution in [0.1, 0.15) is 12.8 Å². The second kappa shape index (κ2) is 8.52. The maximum absolute atomic E-state index is 10.7. The summed E-state index contributed by atoms with van der Waals surface area (Å²) in [6.07, 6.45) is 4.43. The standard InChI is InChI=1S/C6H11NO2.C6H9NO/c1-4-6(8)9-5-7(2)3;1-2-7-5-3-4-6(7)8/h4H,1,5H2,2-3H3;2H,1,3-5H2. The molecule has 0 bridgehead atoms. The van der Waals surface area contributed by atoms with Crippen LogP contribution in [0.2, 0.25) is 0 Å². The van der Waals surface area contributed by atoms with Gasteiger partial charge in [0.05, 0.1) is 0 Å². The van der Waals surface area contributed by atoms with Gasteiger partial charge in [-0.15, -0.1) is 0 Å². The highest BCUT2D eigenvalue weighted by Gasteiger charge is 2.15. The van der Waals surface area contributed by atoms with Crippen LogP contribution in [0.15, 0.2) is 25.4 Å². The normalized spacial score (nSPS) is 14.1. The van der Waals surface area contributed by atoms with Gasteiger partial charge in [-0.25, -0.2) is 4.79 Å². The predicted molar refractivity (Wildman–Crippen MR) is 66.0 cm³/mol. The first kappa shape index (κ1) is 15.4. The number of hydrogen-bond donors (Lipinski definition) is 0. The van der Waals surface area contributed by atoms with Crippen LogP contribution in [-0.2, 0) is 14.3 Å². The zero-order valence-corrected chi connectivity index (χ0v) is 10.5. The molecule has 0 aromatic heterocycles. The minimum Gasteiger partial charge on any atom is -0.446 e. The maximum Gasteiger partial charge on any atom is 0.331 e. The summed E-state index contributed by atoms with van der Waals surface area (Å²) < 4.78 is 4.62. The molecule has 1 heterocycles. The van der Waals surface area contributed by atoms with Gasteiger partial charge in [0.1, 0.15) is 6.73 Å². The molecule has 0 spiro atoms. The first-order valence-corrected chi connectivity index (χ1v) is 5.37. The van der Waals surface area contributed by atoms with E-state index in [4.69, 9.17) is 0 Å². The number of nitrogens with zero attached hydrogens (tertiary/aromatic N) is 2. The highest BCUT2D eigenvalue weighted by atomic mass is 16.5. The molecule has 1 fully saturated rings. The Labute approximate surface area is 102 Å². The van der Waals surface area contributed by atoms with Crippen LogP contribution >= 0.6 is 0 Å². The second-order valence-electron chi connectivity index (χ2n) is 3.75. The molecule has 1 aliphatic rings. The van der Waals surface area contributed by atoms with E-state index in [0.29, 0.717) is 13.2 Å². The Morgan fingerprint density at radius 3 is 2.47 bits per heavy atom. The van der Waals surface area contributed by atoms with Gasteiger partial charge in [0, 0.05) is 19.0 Å². The third-order valence-corrected chi connectivity index (χ3v) is 1.96. The summed E-state index contributed by atoms with van der Waals surface area (Å²) in [6.45, 7) is 7.92. The molecular formula is C12H20N2O3. The molecule has 0 atom stereocenters. The molecule has 17 heavy (non-hydrogen) atoms. The van der Waals surface area contributed by atoms with Gasteiger partial charge in [-0.05, 0) is 26.7 Å². The fourth-order valence-electron chi connectivity index (χ4n) is 1.11. The van der Waals surface area contributed by atoms with Crippen LogP contribution in [-0.4, -0.2) is 49.0 Å². The van der Waals surface area contributed by atoms with E-state index in [1.54, 1.807) is 16.0 Å². The third kappa shape index (κ3) is 7.30. The third-order valence-electron chi connectivity index (χ3n) is 1.96. The lowest BCUT2D eigenvalue weighted by Crippen LogP contribution is -2.18. The first-order chi connectivity index (χ1) is 8.01. The molecule has 1 aliphatic heterocycles. The van der Waals surface area contributed by atoms with Crippen LogP contribution in [0.3, 0.4) is 0 Å². The molecule has 0 aromatic carbocycles. The number of likely N-dealkylation sites (tertiary alicyclic amines) is 1. The fourth-order valence-corrected chi connectivity index (χ4v) is 1.11. The Bertz CT molecular complexity index is 287. The van der Waals surface area contributed by atoms with Crippen molar-refractivity contribution in [2.75, 3.05) is 27.4 Å². The summed E-state index contributed by atoms with van der Waals surface area (Å²) in [6, 6.07) is 0. The molecule has 1 saturated heterocycles. The zero-order chi connectivity index (χ0) is 13.3. The summed E-state index contributed by atoms with van der Waals surface area (Å²) in [5.74, 6) is -0.177. The van der Waals surface area contributed by atoms with Gasteiger partial charge >= 0.3 is 5.97 Å². The second-order valence-corrected chi connectivity index (χ2v) is 3.75. The zero-order valence-electron chi connectivity index (χ0n) is 10.5. The van der Waals surface area contributed by atoms with Gasteiger partial charge in [0.25, 0.3) is 0 Å². The molecule has 0 aliphatic carbocycles. The average Bonchev–Trinajstić information content (AvgIpc) is 2.72. The molecular weight excluding hydrogens is 220 g/mol. The number of rotatable bonds is 4. The van der Waals surface area contributed by atoms with E-state index >= 15 is 0 Å². The molecule has 0 saturated carbocycles. The van der Waals surface area contributed by atoms with Crippen LogP contribution in [0.25, 0.3) is 0 Å². The lowest BCUT2D eigenvalue weighted by molar-refractivity contribution is -0.141. The van der Waals surface area contributed by atoms with Crippen molar-refractivity contribution in [2.24, 2.45) is 0 Å².